The maximum absolute atomic E-state index is 11.8. The Morgan fingerprint density at radius 3 is 2.13 bits per heavy atom. The van der Waals surface area contributed by atoms with Crippen LogP contribution >= 0.6 is 11.6 Å². The van der Waals surface area contributed by atoms with Gasteiger partial charge in [0.1, 0.15) is 24.3 Å². The zero-order valence-electron chi connectivity index (χ0n) is 24.1. The molecule has 0 radical (unpaired) electrons. The lowest BCUT2D eigenvalue weighted by atomic mass is 9.67. The Morgan fingerprint density at radius 1 is 0.949 bits per heavy atom. The number of benzene rings is 2. The zero-order chi connectivity index (χ0) is 28.1. The van der Waals surface area contributed by atoms with Crippen LogP contribution in [-0.2, 0) is 9.53 Å². The minimum Gasteiger partial charge on any atom is -0.490 e. The molecule has 5 heteroatoms. The van der Waals surface area contributed by atoms with Gasteiger partial charge in [0.15, 0.2) is 0 Å². The van der Waals surface area contributed by atoms with Crippen molar-refractivity contribution in [1.29, 1.82) is 5.26 Å². The summed E-state index contributed by atoms with van der Waals surface area (Å²) in [7, 11) is 0. The number of carbonyl (C=O) groups excluding carboxylic acids is 1. The van der Waals surface area contributed by atoms with E-state index < -0.39 is 11.3 Å². The van der Waals surface area contributed by atoms with Crippen molar-refractivity contribution in [3.63, 3.8) is 0 Å². The van der Waals surface area contributed by atoms with Crippen LogP contribution in [0.3, 0.4) is 0 Å². The third-order valence-electron chi connectivity index (χ3n) is 8.17. The van der Waals surface area contributed by atoms with E-state index in [0.29, 0.717) is 5.92 Å². The molecule has 0 aromatic heterocycles. The molecule has 0 bridgehead atoms. The van der Waals surface area contributed by atoms with E-state index in [-0.39, 0.29) is 24.5 Å². The summed E-state index contributed by atoms with van der Waals surface area (Å²) >= 11 is 6.01. The van der Waals surface area contributed by atoms with Gasteiger partial charge in [-0.05, 0) is 72.8 Å². The van der Waals surface area contributed by atoms with Gasteiger partial charge in [0.2, 0.25) is 0 Å². The Balaban J connectivity index is 1.43. The lowest BCUT2D eigenvalue weighted by Crippen LogP contribution is -2.25. The van der Waals surface area contributed by atoms with Crippen molar-refractivity contribution in [2.24, 2.45) is 11.3 Å². The van der Waals surface area contributed by atoms with Crippen LogP contribution < -0.4 is 4.74 Å². The second-order valence-corrected chi connectivity index (χ2v) is 12.0. The first-order valence-corrected chi connectivity index (χ1v) is 15.4. The van der Waals surface area contributed by atoms with Gasteiger partial charge in [0.05, 0.1) is 11.5 Å². The summed E-state index contributed by atoms with van der Waals surface area (Å²) in [5.74, 6) is 0.915. The predicted octanol–water partition coefficient (Wildman–Crippen LogP) is 9.46. The number of nitriles is 1. The maximum Gasteiger partial charge on any atom is 0.324 e. The first-order chi connectivity index (χ1) is 18.9. The molecule has 2 aromatic rings. The molecule has 39 heavy (non-hydrogen) atoms. The SMILES string of the molecule is CCCCCCCCC1(C#N)CCC(c2ccc(-c3ccc(OCCOC(=O)C(Cl)C(C)C)cc3)cc2)CC1. The first kappa shape index (κ1) is 31.0. The van der Waals surface area contributed by atoms with E-state index in [1.807, 2.05) is 38.1 Å². The standard InChI is InChI=1S/C34H46ClNO3/c1-4-5-6-7-8-9-20-34(25-36)21-18-30(19-22-34)28-12-10-27(11-13-28)29-14-16-31(17-15-29)38-23-24-39-33(37)32(35)26(2)3/h10-17,26,30,32H,4-9,18-24H2,1-3H3. The molecule has 0 aliphatic heterocycles. The fraction of sp³-hybridized carbons (Fsp3) is 0.588. The van der Waals surface area contributed by atoms with Crippen molar-refractivity contribution >= 4 is 17.6 Å². The van der Waals surface area contributed by atoms with Crippen LogP contribution in [0, 0.1) is 22.7 Å². The molecule has 4 nitrogen and oxygen atoms in total. The quantitative estimate of drug-likeness (QED) is 0.126. The van der Waals surface area contributed by atoms with E-state index >= 15 is 0 Å². The molecule has 0 N–H and O–H groups in total. The van der Waals surface area contributed by atoms with Crippen LogP contribution in [0.1, 0.15) is 103 Å². The average Bonchev–Trinajstić information content (AvgIpc) is 2.97. The number of rotatable bonds is 15. The normalized spacial score (nSPS) is 19.8. The second kappa shape index (κ2) is 15.9. The highest BCUT2D eigenvalue weighted by molar-refractivity contribution is 6.30. The molecule has 3 rings (SSSR count). The van der Waals surface area contributed by atoms with E-state index in [1.54, 1.807) is 0 Å². The molecule has 212 valence electrons. The molecule has 1 unspecified atom stereocenters. The molecule has 1 saturated carbocycles. The van der Waals surface area contributed by atoms with Gasteiger partial charge in [-0.3, -0.25) is 4.79 Å². The number of nitrogens with zero attached hydrogens (tertiary/aromatic N) is 1. The lowest BCUT2D eigenvalue weighted by Gasteiger charge is -2.35. The number of unbranched alkanes of at least 4 members (excludes halogenated alkanes) is 5. The second-order valence-electron chi connectivity index (χ2n) is 11.5. The summed E-state index contributed by atoms with van der Waals surface area (Å²) in [6.45, 7) is 6.49. The Bertz CT molecular complexity index is 1030. The van der Waals surface area contributed by atoms with Crippen molar-refractivity contribution in [3.8, 4) is 22.9 Å². The van der Waals surface area contributed by atoms with Crippen molar-refractivity contribution in [2.75, 3.05) is 13.2 Å². The molecule has 1 aliphatic rings. The number of carbonyl (C=O) groups is 1. The highest BCUT2D eigenvalue weighted by Gasteiger charge is 2.35. The number of alkyl halides is 1. The molecule has 0 spiro atoms. The van der Waals surface area contributed by atoms with Gasteiger partial charge < -0.3 is 9.47 Å². The molecule has 0 heterocycles. The van der Waals surface area contributed by atoms with Crippen LogP contribution in [0.15, 0.2) is 48.5 Å². The summed E-state index contributed by atoms with van der Waals surface area (Å²) in [4.78, 5) is 11.8. The Hall–Kier alpha value is -2.51. The van der Waals surface area contributed by atoms with Crippen LogP contribution in [0.4, 0.5) is 0 Å². The molecular weight excluding hydrogens is 506 g/mol. The van der Waals surface area contributed by atoms with Gasteiger partial charge in [0.25, 0.3) is 0 Å². The number of hydrogen-bond acceptors (Lipinski definition) is 4. The number of halogens is 1. The van der Waals surface area contributed by atoms with Crippen molar-refractivity contribution in [3.05, 3.63) is 54.1 Å². The van der Waals surface area contributed by atoms with E-state index in [9.17, 15) is 10.1 Å². The van der Waals surface area contributed by atoms with E-state index in [1.165, 1.54) is 49.7 Å². The third kappa shape index (κ3) is 9.57. The zero-order valence-corrected chi connectivity index (χ0v) is 24.8. The van der Waals surface area contributed by atoms with Crippen LogP contribution in [0.5, 0.6) is 5.75 Å². The number of hydrogen-bond donors (Lipinski definition) is 0. The molecule has 1 atom stereocenters. The highest BCUT2D eigenvalue weighted by Crippen LogP contribution is 2.46. The summed E-state index contributed by atoms with van der Waals surface area (Å²) in [5, 5.41) is 9.33. The Morgan fingerprint density at radius 2 is 1.54 bits per heavy atom. The minimum atomic E-state index is -0.630. The van der Waals surface area contributed by atoms with Crippen LogP contribution in [0.25, 0.3) is 11.1 Å². The molecular formula is C34H46ClNO3. The smallest absolute Gasteiger partial charge is 0.324 e. The number of esters is 1. The topological polar surface area (TPSA) is 59.3 Å². The Kier molecular flexibility index (Phi) is 12.7. The van der Waals surface area contributed by atoms with E-state index in [0.717, 1.165) is 43.4 Å². The van der Waals surface area contributed by atoms with Crippen molar-refractivity contribution in [2.45, 2.75) is 103 Å². The predicted molar refractivity (Wildman–Crippen MR) is 160 cm³/mol. The minimum absolute atomic E-state index is 0.0344. The maximum atomic E-state index is 11.8. The van der Waals surface area contributed by atoms with E-state index in [2.05, 4.69) is 37.3 Å². The van der Waals surface area contributed by atoms with Crippen molar-refractivity contribution < 1.29 is 14.3 Å². The third-order valence-corrected chi connectivity index (χ3v) is 8.85. The first-order valence-electron chi connectivity index (χ1n) is 14.9. The number of ether oxygens (including phenoxy) is 2. The van der Waals surface area contributed by atoms with Gasteiger partial charge in [0, 0.05) is 0 Å². The molecule has 0 saturated heterocycles. The van der Waals surface area contributed by atoms with Gasteiger partial charge in [-0.25, -0.2) is 0 Å². The van der Waals surface area contributed by atoms with Crippen LogP contribution in [-0.4, -0.2) is 24.6 Å². The van der Waals surface area contributed by atoms with Gasteiger partial charge in [-0.1, -0.05) is 95.7 Å². The Labute approximate surface area is 241 Å². The van der Waals surface area contributed by atoms with Gasteiger partial charge in [-0.2, -0.15) is 5.26 Å². The monoisotopic (exact) mass is 551 g/mol. The van der Waals surface area contributed by atoms with Gasteiger partial charge in [-0.15, -0.1) is 11.6 Å². The molecule has 0 amide bonds. The largest absolute Gasteiger partial charge is 0.490 e. The fourth-order valence-corrected chi connectivity index (χ4v) is 5.57. The van der Waals surface area contributed by atoms with Crippen molar-refractivity contribution in [1.82, 2.24) is 0 Å². The average molecular weight is 552 g/mol. The van der Waals surface area contributed by atoms with Gasteiger partial charge >= 0.3 is 5.97 Å². The summed E-state index contributed by atoms with van der Waals surface area (Å²) in [6, 6.07) is 19.6. The molecule has 1 fully saturated rings. The van der Waals surface area contributed by atoms with Crippen LogP contribution in [0.2, 0.25) is 0 Å². The molecule has 1 aliphatic carbocycles. The summed E-state index contributed by atoms with van der Waals surface area (Å²) in [6.07, 6.45) is 13.0. The highest BCUT2D eigenvalue weighted by atomic mass is 35.5. The summed E-state index contributed by atoms with van der Waals surface area (Å²) in [5.41, 5.74) is 3.59. The lowest BCUT2D eigenvalue weighted by molar-refractivity contribution is -0.144. The fourth-order valence-electron chi connectivity index (χ4n) is 5.51. The van der Waals surface area contributed by atoms with E-state index in [4.69, 9.17) is 21.1 Å². The summed E-state index contributed by atoms with van der Waals surface area (Å²) < 4.78 is 10.9. The molecule has 2 aromatic carbocycles.